The maximum atomic E-state index is 12.5. The summed E-state index contributed by atoms with van der Waals surface area (Å²) in [5.74, 6) is 0.708. The highest BCUT2D eigenvalue weighted by molar-refractivity contribution is 6.31. The van der Waals surface area contributed by atoms with Crippen LogP contribution in [0.4, 0.5) is 0 Å². The summed E-state index contributed by atoms with van der Waals surface area (Å²) in [4.78, 5) is 12.5. The summed E-state index contributed by atoms with van der Waals surface area (Å²) in [6, 6.07) is 3.59. The molecule has 0 saturated heterocycles. The van der Waals surface area contributed by atoms with E-state index in [-0.39, 0.29) is 36.6 Å². The number of halogens is 1. The number of allylic oxidation sites excluding steroid dienone is 2. The normalized spacial score (nSPS) is 23.7. The van der Waals surface area contributed by atoms with E-state index < -0.39 is 0 Å². The minimum absolute atomic E-state index is 0.0551. The number of ether oxygens (including phenoxy) is 3. The molecule has 24 heavy (non-hydrogen) atoms. The monoisotopic (exact) mass is 350 g/mol. The van der Waals surface area contributed by atoms with Crippen LogP contribution in [0.25, 0.3) is 0 Å². The predicted molar refractivity (Wildman–Crippen MR) is 91.7 cm³/mol. The second-order valence-corrected chi connectivity index (χ2v) is 7.70. The van der Waals surface area contributed by atoms with Crippen LogP contribution in [0.2, 0.25) is 5.02 Å². The highest BCUT2D eigenvalue weighted by Crippen LogP contribution is 2.59. The van der Waals surface area contributed by atoms with Gasteiger partial charge in [0.15, 0.2) is 6.79 Å². The number of carbonyl (C=O) groups excluding carboxylic acids is 1. The zero-order valence-electron chi connectivity index (χ0n) is 14.5. The maximum absolute atomic E-state index is 12.5. The molecule has 0 bridgehead atoms. The summed E-state index contributed by atoms with van der Waals surface area (Å²) < 4.78 is 16.4. The maximum Gasteiger partial charge on any atom is 0.310 e. The highest BCUT2D eigenvalue weighted by atomic mass is 35.5. The van der Waals surface area contributed by atoms with Gasteiger partial charge in [-0.1, -0.05) is 37.1 Å². The lowest BCUT2D eigenvalue weighted by molar-refractivity contribution is -0.147. The molecule has 5 heteroatoms. The summed E-state index contributed by atoms with van der Waals surface area (Å²) in [6.07, 6.45) is 2.16. The molecule has 0 amide bonds. The van der Waals surface area contributed by atoms with Gasteiger partial charge in [0, 0.05) is 16.1 Å². The molecule has 0 spiro atoms. The Labute approximate surface area is 147 Å². The SMILES string of the molecule is CC(C)=CC1C(C(=O)OCc2c(Cl)ccc3c2COCO3)C1(C)C. The fraction of sp³-hybridized carbons (Fsp3) is 0.526. The van der Waals surface area contributed by atoms with E-state index in [1.165, 1.54) is 5.57 Å². The van der Waals surface area contributed by atoms with Crippen molar-refractivity contribution < 1.29 is 19.0 Å². The van der Waals surface area contributed by atoms with Crippen LogP contribution in [0.3, 0.4) is 0 Å². The van der Waals surface area contributed by atoms with Crippen molar-refractivity contribution >= 4 is 17.6 Å². The molecule has 4 nitrogen and oxygen atoms in total. The molecule has 3 rings (SSSR count). The van der Waals surface area contributed by atoms with Crippen molar-refractivity contribution in [2.45, 2.75) is 40.9 Å². The Hall–Kier alpha value is -1.52. The molecule has 0 radical (unpaired) electrons. The number of esters is 1. The van der Waals surface area contributed by atoms with Crippen LogP contribution < -0.4 is 4.74 Å². The third-order valence-electron chi connectivity index (χ3n) is 4.91. The number of hydrogen-bond acceptors (Lipinski definition) is 4. The van der Waals surface area contributed by atoms with E-state index in [1.54, 1.807) is 6.07 Å². The van der Waals surface area contributed by atoms with Gasteiger partial charge in [0.2, 0.25) is 0 Å². The Morgan fingerprint density at radius 3 is 2.88 bits per heavy atom. The molecule has 1 heterocycles. The molecule has 2 aliphatic rings. The standard InChI is InChI=1S/C19H23ClO4/c1-11(2)7-14-17(19(14,3)4)18(21)23-9-12-13-8-22-10-24-16(13)6-5-15(12)20/h5-7,14,17H,8-10H2,1-4H3. The first-order chi connectivity index (χ1) is 11.3. The molecule has 130 valence electrons. The molecular formula is C19H23ClO4. The lowest BCUT2D eigenvalue weighted by atomic mass is 10.1. The van der Waals surface area contributed by atoms with E-state index in [2.05, 4.69) is 19.9 Å². The Morgan fingerprint density at radius 2 is 2.17 bits per heavy atom. The molecule has 0 aromatic heterocycles. The largest absolute Gasteiger partial charge is 0.467 e. The van der Waals surface area contributed by atoms with Gasteiger partial charge in [-0.15, -0.1) is 0 Å². The van der Waals surface area contributed by atoms with Crippen molar-refractivity contribution in [1.29, 1.82) is 0 Å². The van der Waals surface area contributed by atoms with E-state index >= 15 is 0 Å². The van der Waals surface area contributed by atoms with Gasteiger partial charge >= 0.3 is 5.97 Å². The molecular weight excluding hydrogens is 328 g/mol. The average molecular weight is 351 g/mol. The molecule has 0 N–H and O–H groups in total. The molecule has 1 aliphatic carbocycles. The molecule has 1 fully saturated rings. The lowest BCUT2D eigenvalue weighted by Gasteiger charge is -2.21. The van der Waals surface area contributed by atoms with Crippen molar-refractivity contribution in [3.05, 3.63) is 39.9 Å². The molecule has 1 aromatic carbocycles. The van der Waals surface area contributed by atoms with Gasteiger partial charge in [-0.2, -0.15) is 0 Å². The zero-order chi connectivity index (χ0) is 17.5. The summed E-state index contributed by atoms with van der Waals surface area (Å²) in [6.45, 7) is 9.08. The van der Waals surface area contributed by atoms with Gasteiger partial charge in [-0.05, 0) is 37.3 Å². The summed E-state index contributed by atoms with van der Waals surface area (Å²) in [7, 11) is 0. The quantitative estimate of drug-likeness (QED) is 0.593. The summed E-state index contributed by atoms with van der Waals surface area (Å²) >= 11 is 6.28. The number of carbonyl (C=O) groups is 1. The van der Waals surface area contributed by atoms with E-state index in [0.717, 1.165) is 16.9 Å². The highest BCUT2D eigenvalue weighted by Gasteiger charge is 2.61. The van der Waals surface area contributed by atoms with Crippen molar-refractivity contribution in [1.82, 2.24) is 0 Å². The Balaban J connectivity index is 1.71. The van der Waals surface area contributed by atoms with E-state index in [4.69, 9.17) is 25.8 Å². The fourth-order valence-electron chi connectivity index (χ4n) is 3.37. The smallest absolute Gasteiger partial charge is 0.310 e. The van der Waals surface area contributed by atoms with Crippen molar-refractivity contribution in [3.8, 4) is 5.75 Å². The third-order valence-corrected chi connectivity index (χ3v) is 5.27. The minimum atomic E-state index is -0.172. The minimum Gasteiger partial charge on any atom is -0.467 e. The van der Waals surface area contributed by atoms with E-state index in [0.29, 0.717) is 11.6 Å². The number of hydrogen-bond donors (Lipinski definition) is 0. The Bertz CT molecular complexity index is 689. The second kappa shape index (κ2) is 6.41. The van der Waals surface area contributed by atoms with Gasteiger partial charge in [0.1, 0.15) is 12.4 Å². The molecule has 1 aromatic rings. The van der Waals surface area contributed by atoms with Gasteiger partial charge in [0.05, 0.1) is 12.5 Å². The van der Waals surface area contributed by atoms with Gasteiger partial charge < -0.3 is 14.2 Å². The summed E-state index contributed by atoms with van der Waals surface area (Å²) in [5, 5.41) is 0.562. The zero-order valence-corrected chi connectivity index (χ0v) is 15.3. The van der Waals surface area contributed by atoms with Crippen LogP contribution >= 0.6 is 11.6 Å². The number of fused-ring (bicyclic) bond motifs is 1. The fourth-order valence-corrected chi connectivity index (χ4v) is 3.60. The third kappa shape index (κ3) is 3.17. The molecule has 2 unspecified atom stereocenters. The van der Waals surface area contributed by atoms with Crippen LogP contribution in [-0.4, -0.2) is 12.8 Å². The van der Waals surface area contributed by atoms with Crippen molar-refractivity contribution in [2.75, 3.05) is 6.79 Å². The van der Waals surface area contributed by atoms with Crippen molar-refractivity contribution in [3.63, 3.8) is 0 Å². The predicted octanol–water partition coefficient (Wildman–Crippen LogP) is 4.49. The van der Waals surface area contributed by atoms with Crippen LogP contribution in [0.5, 0.6) is 5.75 Å². The first-order valence-corrected chi connectivity index (χ1v) is 8.52. The first kappa shape index (κ1) is 17.3. The number of benzene rings is 1. The summed E-state index contributed by atoms with van der Waals surface area (Å²) in [5.41, 5.74) is 2.79. The lowest BCUT2D eigenvalue weighted by Crippen LogP contribution is -2.16. The molecule has 1 saturated carbocycles. The topological polar surface area (TPSA) is 44.8 Å². The molecule has 1 aliphatic heterocycles. The molecule has 2 atom stereocenters. The van der Waals surface area contributed by atoms with Crippen LogP contribution in [0, 0.1) is 17.3 Å². The van der Waals surface area contributed by atoms with Gasteiger partial charge in [-0.25, -0.2) is 0 Å². The Morgan fingerprint density at radius 1 is 1.42 bits per heavy atom. The van der Waals surface area contributed by atoms with E-state index in [1.807, 2.05) is 19.9 Å². The van der Waals surface area contributed by atoms with Crippen LogP contribution in [0.15, 0.2) is 23.8 Å². The van der Waals surface area contributed by atoms with Crippen molar-refractivity contribution in [2.24, 2.45) is 17.3 Å². The average Bonchev–Trinajstić information content (AvgIpc) is 3.06. The number of rotatable bonds is 4. The van der Waals surface area contributed by atoms with Gasteiger partial charge in [0.25, 0.3) is 0 Å². The van der Waals surface area contributed by atoms with E-state index in [9.17, 15) is 4.79 Å². The van der Waals surface area contributed by atoms with Gasteiger partial charge in [-0.3, -0.25) is 4.79 Å². The first-order valence-electron chi connectivity index (χ1n) is 8.15. The Kier molecular flexibility index (Phi) is 4.63. The van der Waals surface area contributed by atoms with Crippen LogP contribution in [0.1, 0.15) is 38.8 Å². The van der Waals surface area contributed by atoms with Crippen LogP contribution in [-0.2, 0) is 27.5 Å². The second-order valence-electron chi connectivity index (χ2n) is 7.29.